The number of rotatable bonds is 10. The number of Topliss-reactive ketones (excluding diaryl/α,β-unsaturated/α-hetero) is 1. The van der Waals surface area contributed by atoms with Crippen molar-refractivity contribution in [3.8, 4) is 0 Å². The molecule has 2 nitrogen and oxygen atoms in total. The molecule has 0 saturated heterocycles. The van der Waals surface area contributed by atoms with E-state index in [1.807, 2.05) is 49.4 Å². The summed E-state index contributed by atoms with van der Waals surface area (Å²) in [4.78, 5) is 26.2. The zero-order valence-electron chi connectivity index (χ0n) is 16.1. The first-order chi connectivity index (χ1) is 13.1. The van der Waals surface area contributed by atoms with Crippen molar-refractivity contribution in [1.82, 2.24) is 0 Å². The number of allylic oxidation sites excluding steroid dienone is 1. The smallest absolute Gasteiger partial charge is 0.175 e. The van der Waals surface area contributed by atoms with Crippen LogP contribution < -0.4 is 0 Å². The van der Waals surface area contributed by atoms with Gasteiger partial charge in [0, 0.05) is 5.56 Å². The highest BCUT2D eigenvalue weighted by Gasteiger charge is 2.34. The Hall–Kier alpha value is -1.78. The Bertz CT molecular complexity index is 761. The Morgan fingerprint density at radius 1 is 0.926 bits per heavy atom. The van der Waals surface area contributed by atoms with Crippen LogP contribution in [-0.4, -0.2) is 27.7 Å². The third kappa shape index (κ3) is 6.40. The van der Waals surface area contributed by atoms with E-state index >= 15 is 0 Å². The maximum atomic E-state index is 13.2. The van der Waals surface area contributed by atoms with Gasteiger partial charge in [0.2, 0.25) is 0 Å². The minimum absolute atomic E-state index is 0.0807. The Labute approximate surface area is 170 Å². The molecule has 2 rings (SSSR count). The van der Waals surface area contributed by atoms with Crippen LogP contribution in [-0.2, 0) is 4.79 Å². The molecule has 0 heterocycles. The first kappa shape index (κ1) is 21.5. The molecule has 0 spiro atoms. The van der Waals surface area contributed by atoms with Crippen LogP contribution in [0.25, 0.3) is 6.08 Å². The maximum absolute atomic E-state index is 13.2. The molecule has 0 aromatic heterocycles. The second-order valence-electron chi connectivity index (χ2n) is 6.13. The van der Waals surface area contributed by atoms with Crippen molar-refractivity contribution in [2.45, 2.75) is 25.4 Å². The molecule has 0 aliphatic rings. The van der Waals surface area contributed by atoms with Crippen molar-refractivity contribution in [1.29, 1.82) is 0 Å². The normalized spacial score (nSPS) is 12.4. The van der Waals surface area contributed by atoms with Crippen LogP contribution in [0.1, 0.15) is 35.3 Å². The summed E-state index contributed by atoms with van der Waals surface area (Å²) in [5.74, 6) is 0.831. The van der Waals surface area contributed by atoms with Crippen LogP contribution in [0, 0.1) is 12.8 Å². The van der Waals surface area contributed by atoms with E-state index in [0.717, 1.165) is 17.1 Å². The van der Waals surface area contributed by atoms with Gasteiger partial charge < -0.3 is 0 Å². The second kappa shape index (κ2) is 11.2. The number of thioether (sulfide) groups is 2. The fourth-order valence-corrected chi connectivity index (χ4v) is 5.46. The molecular weight excluding hydrogens is 372 g/mol. The fraction of sp³-hybridized carbons (Fsp3) is 0.304. The molecule has 1 unspecified atom stereocenters. The minimum atomic E-state index is -0.677. The summed E-state index contributed by atoms with van der Waals surface area (Å²) in [7, 11) is 0. The van der Waals surface area contributed by atoms with Crippen LogP contribution in [0.4, 0.5) is 0 Å². The van der Waals surface area contributed by atoms with Crippen LogP contribution in [0.5, 0.6) is 0 Å². The zero-order valence-corrected chi connectivity index (χ0v) is 17.7. The highest BCUT2D eigenvalue weighted by molar-refractivity contribution is 8.17. The average Bonchev–Trinajstić information content (AvgIpc) is 2.68. The number of hydrogen-bond acceptors (Lipinski definition) is 4. The molecule has 0 N–H and O–H groups in total. The van der Waals surface area contributed by atoms with E-state index in [9.17, 15) is 9.59 Å². The fourth-order valence-electron chi connectivity index (χ4n) is 2.70. The van der Waals surface area contributed by atoms with Gasteiger partial charge in [-0.3, -0.25) is 9.59 Å². The monoisotopic (exact) mass is 398 g/mol. The van der Waals surface area contributed by atoms with Crippen molar-refractivity contribution in [3.05, 3.63) is 77.4 Å². The van der Waals surface area contributed by atoms with E-state index < -0.39 is 5.92 Å². The molecule has 0 aliphatic carbocycles. The van der Waals surface area contributed by atoms with Gasteiger partial charge in [-0.2, -0.15) is 0 Å². The average molecular weight is 399 g/mol. The summed E-state index contributed by atoms with van der Waals surface area (Å²) >= 11 is 3.34. The van der Waals surface area contributed by atoms with Crippen LogP contribution in [0.2, 0.25) is 0 Å². The molecule has 1 atom stereocenters. The lowest BCUT2D eigenvalue weighted by Crippen LogP contribution is -2.31. The molecule has 0 aliphatic heterocycles. The number of hydrogen-bond donors (Lipinski definition) is 0. The summed E-state index contributed by atoms with van der Waals surface area (Å²) in [6, 6.07) is 17.1. The molecule has 4 heteroatoms. The molecule has 142 valence electrons. The predicted octanol–water partition coefficient (Wildman–Crippen LogP) is 5.91. The highest BCUT2D eigenvalue weighted by atomic mass is 32.2. The number of ketones is 2. The minimum Gasteiger partial charge on any atom is -0.294 e. The molecule has 2 aromatic carbocycles. The topological polar surface area (TPSA) is 34.1 Å². The van der Waals surface area contributed by atoms with E-state index in [0.29, 0.717) is 5.56 Å². The Kier molecular flexibility index (Phi) is 8.89. The van der Waals surface area contributed by atoms with Crippen molar-refractivity contribution in [2.24, 2.45) is 5.92 Å². The summed E-state index contributed by atoms with van der Waals surface area (Å²) in [6.45, 7) is 6.15. The van der Waals surface area contributed by atoms with Crippen molar-refractivity contribution < 1.29 is 9.59 Å². The Balaban J connectivity index is 2.30. The summed E-state index contributed by atoms with van der Waals surface area (Å²) in [6.07, 6.45) is 3.37. The number of benzene rings is 2. The van der Waals surface area contributed by atoms with Crippen molar-refractivity contribution in [2.75, 3.05) is 11.5 Å². The predicted molar refractivity (Wildman–Crippen MR) is 120 cm³/mol. The van der Waals surface area contributed by atoms with Crippen LogP contribution in [0.15, 0.2) is 60.7 Å². The zero-order chi connectivity index (χ0) is 19.6. The third-order valence-electron chi connectivity index (χ3n) is 4.10. The van der Waals surface area contributed by atoms with E-state index in [1.165, 1.54) is 5.56 Å². The van der Waals surface area contributed by atoms with Crippen molar-refractivity contribution >= 4 is 41.2 Å². The van der Waals surface area contributed by atoms with Crippen LogP contribution in [0.3, 0.4) is 0 Å². The van der Waals surface area contributed by atoms with Gasteiger partial charge in [-0.1, -0.05) is 80.1 Å². The standard InChI is InChI=1S/C23H26O2S2/c1-4-26-23(27-5-2)21(22(25)19-9-7-6-8-10-19)20(24)16-15-18-13-11-17(3)12-14-18/h6-16,21,23H,4-5H2,1-3H3/b16-15+. The second-order valence-corrected chi connectivity index (χ2v) is 9.27. The molecule has 0 saturated carbocycles. The third-order valence-corrected chi connectivity index (χ3v) is 6.78. The molecule has 0 radical (unpaired) electrons. The van der Waals surface area contributed by atoms with Gasteiger partial charge in [0.1, 0.15) is 5.92 Å². The van der Waals surface area contributed by atoms with Gasteiger partial charge in [-0.15, -0.1) is 23.5 Å². The molecule has 0 amide bonds. The van der Waals surface area contributed by atoms with Gasteiger partial charge in [-0.05, 0) is 30.1 Å². The van der Waals surface area contributed by atoms with Gasteiger partial charge in [0.25, 0.3) is 0 Å². The lowest BCUT2D eigenvalue weighted by molar-refractivity contribution is -0.116. The quantitative estimate of drug-likeness (QED) is 0.216. The molecule has 27 heavy (non-hydrogen) atoms. The number of carbonyl (C=O) groups excluding carboxylic acids is 2. The Morgan fingerprint density at radius 2 is 1.52 bits per heavy atom. The van der Waals surface area contributed by atoms with E-state index in [-0.39, 0.29) is 16.1 Å². The van der Waals surface area contributed by atoms with E-state index in [1.54, 1.807) is 47.8 Å². The van der Waals surface area contributed by atoms with Gasteiger partial charge in [0.05, 0.1) is 4.58 Å². The van der Waals surface area contributed by atoms with Crippen LogP contribution >= 0.6 is 23.5 Å². The first-order valence-electron chi connectivity index (χ1n) is 9.17. The molecule has 2 aromatic rings. The highest BCUT2D eigenvalue weighted by Crippen LogP contribution is 2.33. The Morgan fingerprint density at radius 3 is 2.07 bits per heavy atom. The largest absolute Gasteiger partial charge is 0.294 e. The summed E-state index contributed by atoms with van der Waals surface area (Å²) in [5, 5.41) is 0. The van der Waals surface area contributed by atoms with Gasteiger partial charge in [0.15, 0.2) is 11.6 Å². The molecular formula is C23H26O2S2. The first-order valence-corrected chi connectivity index (χ1v) is 11.3. The molecule has 0 bridgehead atoms. The van der Waals surface area contributed by atoms with Gasteiger partial charge >= 0.3 is 0 Å². The lowest BCUT2D eigenvalue weighted by Gasteiger charge is -2.23. The molecule has 0 fully saturated rings. The lowest BCUT2D eigenvalue weighted by atomic mass is 9.94. The van der Waals surface area contributed by atoms with E-state index in [4.69, 9.17) is 0 Å². The van der Waals surface area contributed by atoms with Gasteiger partial charge in [-0.25, -0.2) is 0 Å². The maximum Gasteiger partial charge on any atom is 0.175 e. The number of carbonyl (C=O) groups is 2. The number of aryl methyl sites for hydroxylation is 1. The van der Waals surface area contributed by atoms with Crippen molar-refractivity contribution in [3.63, 3.8) is 0 Å². The van der Waals surface area contributed by atoms with E-state index in [2.05, 4.69) is 13.8 Å². The summed E-state index contributed by atoms with van der Waals surface area (Å²) < 4.78 is -0.0807. The SMILES string of the molecule is CCSC(SCC)C(C(=O)/C=C/c1ccc(C)cc1)C(=O)c1ccccc1. The summed E-state index contributed by atoms with van der Waals surface area (Å²) in [5.41, 5.74) is 2.73.